The molecule has 0 bridgehead atoms. The Kier molecular flexibility index (Phi) is 15.0. The fourth-order valence-electron chi connectivity index (χ4n) is 6.22. The van der Waals surface area contributed by atoms with Gasteiger partial charge in [-0.2, -0.15) is 13.2 Å². The molecule has 0 radical (unpaired) electrons. The lowest BCUT2D eigenvalue weighted by Gasteiger charge is -2.31. The molecule has 0 aliphatic heterocycles. The molecular weight excluding hydrogens is 601 g/mol. The van der Waals surface area contributed by atoms with E-state index in [1.807, 2.05) is 36.4 Å². The molecule has 0 N–H and O–H groups in total. The van der Waals surface area contributed by atoms with Gasteiger partial charge in [-0.1, -0.05) is 120 Å². The predicted molar refractivity (Wildman–Crippen MR) is 182 cm³/mol. The molecule has 3 aromatic carbocycles. The van der Waals surface area contributed by atoms with E-state index in [1.165, 1.54) is 69.9 Å². The van der Waals surface area contributed by atoms with E-state index in [4.69, 9.17) is 14.2 Å². The van der Waals surface area contributed by atoms with Gasteiger partial charge in [0.1, 0.15) is 18.1 Å². The third kappa shape index (κ3) is 12.6. The molecule has 4 rings (SSSR count). The third-order valence-corrected chi connectivity index (χ3v) is 9.04. The van der Waals surface area contributed by atoms with Crippen molar-refractivity contribution >= 4 is 5.97 Å². The lowest BCUT2D eigenvalue weighted by molar-refractivity contribution is -0.222. The van der Waals surface area contributed by atoms with Crippen molar-refractivity contribution in [2.45, 2.75) is 122 Å². The van der Waals surface area contributed by atoms with Gasteiger partial charge in [-0.05, 0) is 72.4 Å². The molecule has 4 nitrogen and oxygen atoms in total. The lowest BCUT2D eigenvalue weighted by atomic mass is 9.85. The highest BCUT2D eigenvalue weighted by molar-refractivity contribution is 5.89. The van der Waals surface area contributed by atoms with Crippen LogP contribution in [0.5, 0.6) is 11.5 Å². The van der Waals surface area contributed by atoms with Crippen LogP contribution in [-0.2, 0) is 11.3 Å². The van der Waals surface area contributed by atoms with E-state index < -0.39 is 24.2 Å². The first kappa shape index (κ1) is 36.4. The number of carbonyl (C=O) groups excluding carboxylic acids is 1. The number of ether oxygens (including phenoxy) is 3. The Bertz CT molecular complexity index is 1300. The molecule has 1 saturated carbocycles. The maximum Gasteiger partial charge on any atom is 0.425 e. The Labute approximate surface area is 279 Å². The second-order valence-electron chi connectivity index (χ2n) is 12.8. The second-order valence-corrected chi connectivity index (χ2v) is 12.8. The minimum Gasteiger partial charge on any atom is -0.494 e. The number of esters is 1. The first-order valence-electron chi connectivity index (χ1n) is 17.7. The molecule has 1 unspecified atom stereocenters. The van der Waals surface area contributed by atoms with Crippen molar-refractivity contribution in [1.29, 1.82) is 0 Å². The summed E-state index contributed by atoms with van der Waals surface area (Å²) in [7, 11) is 0. The molecule has 7 heteroatoms. The van der Waals surface area contributed by atoms with E-state index >= 15 is 0 Å². The zero-order valence-corrected chi connectivity index (χ0v) is 27.9. The topological polar surface area (TPSA) is 44.8 Å². The molecule has 47 heavy (non-hydrogen) atoms. The highest BCUT2D eigenvalue weighted by atomic mass is 19.4. The van der Waals surface area contributed by atoms with Crippen LogP contribution in [-0.4, -0.2) is 24.9 Å². The summed E-state index contributed by atoms with van der Waals surface area (Å²) in [4.78, 5) is 12.6. The number of hydrogen-bond acceptors (Lipinski definition) is 4. The molecule has 0 spiro atoms. The summed E-state index contributed by atoms with van der Waals surface area (Å²) in [6.07, 6.45) is 9.66. The van der Waals surface area contributed by atoms with Gasteiger partial charge in [0.25, 0.3) is 0 Å². The van der Waals surface area contributed by atoms with Crippen LogP contribution in [0.4, 0.5) is 13.2 Å². The fourth-order valence-corrected chi connectivity index (χ4v) is 6.22. The average molecular weight is 653 g/mol. The maximum absolute atomic E-state index is 13.7. The standard InChI is InChI=1S/C40H51F3O4/c1-2-3-4-5-6-7-8-9-10-14-29-45-36-25-21-32(22-26-36)33-23-27-37(28-24-33)46-30-31-17-19-35(20-18-31)39(44)47-38(40(41,42)43)34-15-12-11-13-16-34/h17-28,34,38H,2-16,29-30H2,1H3. The summed E-state index contributed by atoms with van der Waals surface area (Å²) in [6, 6.07) is 22.3. The first-order chi connectivity index (χ1) is 22.8. The Hall–Kier alpha value is -3.48. The van der Waals surface area contributed by atoms with Gasteiger partial charge in [-0.15, -0.1) is 0 Å². The summed E-state index contributed by atoms with van der Waals surface area (Å²) in [5, 5.41) is 0. The summed E-state index contributed by atoms with van der Waals surface area (Å²) < 4.78 is 57.9. The van der Waals surface area contributed by atoms with Crippen LogP contribution in [0.1, 0.15) is 119 Å². The van der Waals surface area contributed by atoms with E-state index in [0.717, 1.165) is 54.7 Å². The molecule has 1 aliphatic carbocycles. The van der Waals surface area contributed by atoms with Crippen molar-refractivity contribution in [1.82, 2.24) is 0 Å². The van der Waals surface area contributed by atoms with Gasteiger partial charge >= 0.3 is 12.1 Å². The van der Waals surface area contributed by atoms with Crippen LogP contribution in [0, 0.1) is 5.92 Å². The lowest BCUT2D eigenvalue weighted by Crippen LogP contribution is -2.41. The number of carbonyl (C=O) groups is 1. The molecule has 3 aromatic rings. The molecule has 1 aliphatic rings. The smallest absolute Gasteiger partial charge is 0.425 e. The fraction of sp³-hybridized carbons (Fsp3) is 0.525. The van der Waals surface area contributed by atoms with Crippen LogP contribution < -0.4 is 9.47 Å². The minimum atomic E-state index is -4.58. The molecule has 1 fully saturated rings. The van der Waals surface area contributed by atoms with Crippen LogP contribution in [0.2, 0.25) is 0 Å². The SMILES string of the molecule is CCCCCCCCCCCCOc1ccc(-c2ccc(OCc3ccc(C(=O)OC(C4CCCCC4)C(F)(F)F)cc3)cc2)cc1. The van der Waals surface area contributed by atoms with E-state index in [-0.39, 0.29) is 12.2 Å². The minimum absolute atomic E-state index is 0.0957. The van der Waals surface area contributed by atoms with Crippen molar-refractivity contribution < 1.29 is 32.2 Å². The Balaban J connectivity index is 1.16. The van der Waals surface area contributed by atoms with Gasteiger partial charge in [0.05, 0.1) is 12.2 Å². The molecule has 256 valence electrons. The molecule has 0 saturated heterocycles. The van der Waals surface area contributed by atoms with Gasteiger partial charge in [-0.3, -0.25) is 0 Å². The van der Waals surface area contributed by atoms with Gasteiger partial charge < -0.3 is 14.2 Å². The van der Waals surface area contributed by atoms with Crippen molar-refractivity contribution in [3.8, 4) is 22.6 Å². The van der Waals surface area contributed by atoms with E-state index in [0.29, 0.717) is 18.6 Å². The van der Waals surface area contributed by atoms with Crippen molar-refractivity contribution in [2.24, 2.45) is 5.92 Å². The van der Waals surface area contributed by atoms with Crippen LogP contribution in [0.3, 0.4) is 0 Å². The summed E-state index contributed by atoms with van der Waals surface area (Å²) in [5.41, 5.74) is 3.03. The number of hydrogen-bond donors (Lipinski definition) is 0. The number of rotatable bonds is 19. The van der Waals surface area contributed by atoms with Gasteiger partial charge in [-0.25, -0.2) is 4.79 Å². The largest absolute Gasteiger partial charge is 0.494 e. The van der Waals surface area contributed by atoms with Crippen molar-refractivity contribution in [3.05, 3.63) is 83.9 Å². The van der Waals surface area contributed by atoms with Gasteiger partial charge in [0.15, 0.2) is 6.10 Å². The Morgan fingerprint density at radius 1 is 0.681 bits per heavy atom. The van der Waals surface area contributed by atoms with Gasteiger partial charge in [0, 0.05) is 5.92 Å². The van der Waals surface area contributed by atoms with E-state index in [1.54, 1.807) is 12.1 Å². The Morgan fingerprint density at radius 2 is 1.19 bits per heavy atom. The van der Waals surface area contributed by atoms with Crippen LogP contribution >= 0.6 is 0 Å². The van der Waals surface area contributed by atoms with Crippen LogP contribution in [0.25, 0.3) is 11.1 Å². The molecule has 0 amide bonds. The molecule has 0 heterocycles. The number of halogens is 3. The van der Waals surface area contributed by atoms with E-state index in [2.05, 4.69) is 19.1 Å². The molecular formula is C40H51F3O4. The Morgan fingerprint density at radius 3 is 1.72 bits per heavy atom. The molecule has 0 aromatic heterocycles. The summed E-state index contributed by atoms with van der Waals surface area (Å²) in [6.45, 7) is 3.26. The van der Waals surface area contributed by atoms with E-state index in [9.17, 15) is 18.0 Å². The maximum atomic E-state index is 13.7. The van der Waals surface area contributed by atoms with Crippen molar-refractivity contribution in [2.75, 3.05) is 6.61 Å². The van der Waals surface area contributed by atoms with Gasteiger partial charge in [0.2, 0.25) is 0 Å². The average Bonchev–Trinajstić information content (AvgIpc) is 3.09. The third-order valence-electron chi connectivity index (χ3n) is 9.04. The number of alkyl halides is 3. The zero-order chi connectivity index (χ0) is 33.3. The first-order valence-corrected chi connectivity index (χ1v) is 17.7. The van der Waals surface area contributed by atoms with Crippen molar-refractivity contribution in [3.63, 3.8) is 0 Å². The number of unbranched alkanes of at least 4 members (excludes halogenated alkanes) is 9. The summed E-state index contributed by atoms with van der Waals surface area (Å²) >= 11 is 0. The summed E-state index contributed by atoms with van der Waals surface area (Å²) in [5.74, 6) is -0.0543. The normalized spacial score (nSPS) is 14.5. The highest BCUT2D eigenvalue weighted by Crippen LogP contribution is 2.37. The predicted octanol–water partition coefficient (Wildman–Crippen LogP) is 11.9. The highest BCUT2D eigenvalue weighted by Gasteiger charge is 2.47. The molecule has 1 atom stereocenters. The monoisotopic (exact) mass is 652 g/mol. The quantitative estimate of drug-likeness (QED) is 0.0955. The zero-order valence-electron chi connectivity index (χ0n) is 27.9. The number of benzene rings is 3. The van der Waals surface area contributed by atoms with Crippen LogP contribution in [0.15, 0.2) is 72.8 Å². The second kappa shape index (κ2) is 19.4.